The molecule has 24 heavy (non-hydrogen) atoms. The highest BCUT2D eigenvalue weighted by Gasteiger charge is 2.28. The maximum Gasteiger partial charge on any atom is 0.243 e. The summed E-state index contributed by atoms with van der Waals surface area (Å²) in [6.45, 7) is 2.89. The van der Waals surface area contributed by atoms with Crippen LogP contribution < -0.4 is 0 Å². The lowest BCUT2D eigenvalue weighted by Gasteiger charge is -2.33. The molecule has 0 N–H and O–H groups in total. The largest absolute Gasteiger partial charge is 0.282 e. The van der Waals surface area contributed by atoms with Crippen molar-refractivity contribution in [2.45, 2.75) is 15.9 Å². The Kier molecular flexibility index (Phi) is 5.73. The molecule has 2 heterocycles. The molecule has 1 fully saturated rings. The Morgan fingerprint density at radius 2 is 1.88 bits per heavy atom. The van der Waals surface area contributed by atoms with Crippen molar-refractivity contribution < 1.29 is 8.42 Å². The molecule has 0 atom stereocenters. The van der Waals surface area contributed by atoms with Crippen molar-refractivity contribution in [1.29, 1.82) is 0 Å². The van der Waals surface area contributed by atoms with Crippen LogP contribution in [0.5, 0.6) is 0 Å². The molecule has 2 aromatic rings. The number of hydrogen-bond donors (Lipinski definition) is 0. The summed E-state index contributed by atoms with van der Waals surface area (Å²) >= 11 is 8.41. The van der Waals surface area contributed by atoms with Gasteiger partial charge in [0, 0.05) is 26.2 Å². The highest BCUT2D eigenvalue weighted by Crippen LogP contribution is 2.20. The normalized spacial score (nSPS) is 17.2. The van der Waals surface area contributed by atoms with Gasteiger partial charge in [-0.15, -0.1) is 0 Å². The van der Waals surface area contributed by atoms with Crippen LogP contribution in [0.15, 0.2) is 39.6 Å². The lowest BCUT2D eigenvalue weighted by molar-refractivity contribution is 0.144. The molecule has 130 valence electrons. The number of piperazine rings is 1. The molecule has 10 heteroatoms. The topological polar surface area (TPSA) is 58.4 Å². The Morgan fingerprint density at radius 3 is 2.46 bits per heavy atom. The fourth-order valence-corrected chi connectivity index (χ4v) is 5.68. The standard InChI is InChI=1S/C14H18N4O2S4/c1-22-13-15-18(14(21)23-13)11-16-7-9-17(10-8-16)24(19,20)12-5-3-2-4-6-12/h2-6H,7-11H2,1H3. The highest BCUT2D eigenvalue weighted by atomic mass is 32.2. The van der Waals surface area contributed by atoms with Gasteiger partial charge in [-0.3, -0.25) is 4.90 Å². The predicted octanol–water partition coefficient (Wildman–Crippen LogP) is 2.36. The van der Waals surface area contributed by atoms with Crippen molar-refractivity contribution in [2.75, 3.05) is 32.4 Å². The molecule has 6 nitrogen and oxygen atoms in total. The first kappa shape index (κ1) is 18.0. The summed E-state index contributed by atoms with van der Waals surface area (Å²) in [5.74, 6) is 0. The minimum Gasteiger partial charge on any atom is -0.282 e. The lowest BCUT2D eigenvalue weighted by atomic mass is 10.4. The predicted molar refractivity (Wildman–Crippen MR) is 99.5 cm³/mol. The molecule has 0 saturated carbocycles. The minimum absolute atomic E-state index is 0.352. The molecule has 0 spiro atoms. The van der Waals surface area contributed by atoms with Gasteiger partial charge in [0.1, 0.15) is 0 Å². The van der Waals surface area contributed by atoms with Crippen molar-refractivity contribution in [1.82, 2.24) is 19.0 Å². The lowest BCUT2D eigenvalue weighted by Crippen LogP contribution is -2.48. The second kappa shape index (κ2) is 7.63. The van der Waals surface area contributed by atoms with Crippen LogP contribution in [-0.2, 0) is 16.7 Å². The summed E-state index contributed by atoms with van der Waals surface area (Å²) in [6, 6.07) is 8.59. The van der Waals surface area contributed by atoms with Crippen LogP contribution in [0.1, 0.15) is 0 Å². The summed E-state index contributed by atoms with van der Waals surface area (Å²) in [6.07, 6.45) is 1.98. The van der Waals surface area contributed by atoms with E-state index in [4.69, 9.17) is 12.2 Å². The van der Waals surface area contributed by atoms with Gasteiger partial charge >= 0.3 is 0 Å². The molecular weight excluding hydrogens is 384 g/mol. The second-order valence-electron chi connectivity index (χ2n) is 5.31. The van der Waals surface area contributed by atoms with Crippen LogP contribution in [-0.4, -0.2) is 59.8 Å². The molecular formula is C14H18N4O2S4. The molecule has 1 aliphatic rings. The summed E-state index contributed by atoms with van der Waals surface area (Å²) in [5.41, 5.74) is 0. The molecule has 3 rings (SSSR count). The van der Waals surface area contributed by atoms with Crippen LogP contribution in [0.3, 0.4) is 0 Å². The first-order valence-corrected chi connectivity index (χ1v) is 11.3. The van der Waals surface area contributed by atoms with Crippen LogP contribution in [0, 0.1) is 3.95 Å². The average Bonchev–Trinajstić information content (AvgIpc) is 2.96. The first-order chi connectivity index (χ1) is 11.5. The smallest absolute Gasteiger partial charge is 0.243 e. The van der Waals surface area contributed by atoms with E-state index in [1.54, 1.807) is 40.3 Å². The summed E-state index contributed by atoms with van der Waals surface area (Å²) in [5, 5.41) is 4.46. The Bertz CT molecular complexity index is 839. The Morgan fingerprint density at radius 1 is 1.21 bits per heavy atom. The number of benzene rings is 1. The summed E-state index contributed by atoms with van der Waals surface area (Å²) in [4.78, 5) is 2.53. The molecule has 1 saturated heterocycles. The zero-order valence-electron chi connectivity index (χ0n) is 13.2. The second-order valence-corrected chi connectivity index (χ2v) is 9.93. The van der Waals surface area contributed by atoms with Crippen molar-refractivity contribution in [2.24, 2.45) is 0 Å². The van der Waals surface area contributed by atoms with Crippen LogP contribution in [0.2, 0.25) is 0 Å². The molecule has 0 amide bonds. The molecule has 1 aromatic carbocycles. The number of sulfonamides is 1. The van der Waals surface area contributed by atoms with Crippen LogP contribution >= 0.6 is 35.3 Å². The molecule has 1 aliphatic heterocycles. The molecule has 0 aliphatic carbocycles. The van der Waals surface area contributed by atoms with E-state index in [1.807, 2.05) is 17.0 Å². The van der Waals surface area contributed by atoms with Gasteiger partial charge in [0.2, 0.25) is 10.0 Å². The molecule has 0 unspecified atom stereocenters. The number of nitrogens with zero attached hydrogens (tertiary/aromatic N) is 4. The van der Waals surface area contributed by atoms with Gasteiger partial charge in [0.15, 0.2) is 8.29 Å². The SMILES string of the molecule is CSc1nn(CN2CCN(S(=O)(=O)c3ccccc3)CC2)c(=S)s1. The Hall–Kier alpha value is -0.780. The van der Waals surface area contributed by atoms with E-state index in [1.165, 1.54) is 11.3 Å². The van der Waals surface area contributed by atoms with Gasteiger partial charge in [-0.2, -0.15) is 9.40 Å². The van der Waals surface area contributed by atoms with E-state index >= 15 is 0 Å². The monoisotopic (exact) mass is 402 g/mol. The van der Waals surface area contributed by atoms with Crippen molar-refractivity contribution in [3.63, 3.8) is 0 Å². The third-order valence-electron chi connectivity index (χ3n) is 3.81. The third-order valence-corrected chi connectivity index (χ3v) is 8.00. The fourth-order valence-electron chi connectivity index (χ4n) is 2.50. The van der Waals surface area contributed by atoms with Crippen molar-refractivity contribution >= 4 is 45.3 Å². The van der Waals surface area contributed by atoms with Gasteiger partial charge < -0.3 is 0 Å². The molecule has 1 aromatic heterocycles. The van der Waals surface area contributed by atoms with E-state index in [0.29, 0.717) is 37.7 Å². The van der Waals surface area contributed by atoms with E-state index < -0.39 is 10.0 Å². The number of thioether (sulfide) groups is 1. The first-order valence-electron chi connectivity index (χ1n) is 7.40. The van der Waals surface area contributed by atoms with Crippen molar-refractivity contribution in [3.05, 3.63) is 34.3 Å². The quantitative estimate of drug-likeness (QED) is 0.565. The van der Waals surface area contributed by atoms with Gasteiger partial charge in [-0.05, 0) is 30.6 Å². The maximum atomic E-state index is 12.6. The number of hydrogen-bond acceptors (Lipinski definition) is 7. The zero-order valence-corrected chi connectivity index (χ0v) is 16.4. The zero-order chi connectivity index (χ0) is 17.2. The summed E-state index contributed by atoms with van der Waals surface area (Å²) in [7, 11) is -3.40. The van der Waals surface area contributed by atoms with Crippen LogP contribution in [0.4, 0.5) is 0 Å². The molecule has 0 bridgehead atoms. The van der Waals surface area contributed by atoms with E-state index in [2.05, 4.69) is 10.00 Å². The van der Waals surface area contributed by atoms with Crippen molar-refractivity contribution in [3.8, 4) is 0 Å². The fraction of sp³-hybridized carbons (Fsp3) is 0.429. The molecule has 0 radical (unpaired) electrons. The van der Waals surface area contributed by atoms with E-state index in [0.717, 1.165) is 8.29 Å². The average molecular weight is 403 g/mol. The summed E-state index contributed by atoms with van der Waals surface area (Å²) < 4.78 is 30.3. The highest BCUT2D eigenvalue weighted by molar-refractivity contribution is 8.00. The number of rotatable bonds is 5. The van der Waals surface area contributed by atoms with Crippen LogP contribution in [0.25, 0.3) is 0 Å². The van der Waals surface area contributed by atoms with Gasteiger partial charge in [-0.25, -0.2) is 13.1 Å². The van der Waals surface area contributed by atoms with E-state index in [-0.39, 0.29) is 0 Å². The third kappa shape index (κ3) is 3.89. The maximum absolute atomic E-state index is 12.6. The Balaban J connectivity index is 1.63. The Labute approximate surface area is 155 Å². The van der Waals surface area contributed by atoms with Gasteiger partial charge in [-0.1, -0.05) is 41.3 Å². The number of aromatic nitrogens is 2. The minimum atomic E-state index is -3.40. The van der Waals surface area contributed by atoms with Gasteiger partial charge in [0.25, 0.3) is 0 Å². The van der Waals surface area contributed by atoms with E-state index in [9.17, 15) is 8.42 Å². The van der Waals surface area contributed by atoms with Gasteiger partial charge in [0.05, 0.1) is 11.6 Å².